The van der Waals surface area contributed by atoms with Gasteiger partial charge in [0.25, 0.3) is 0 Å². The molecule has 7 heteroatoms. The number of methoxy groups -OCH3 is 2. The van der Waals surface area contributed by atoms with Crippen molar-refractivity contribution in [1.29, 1.82) is 0 Å². The lowest BCUT2D eigenvalue weighted by Gasteiger charge is -2.56. The number of amides is 2. The number of likely N-dealkylation sites (tertiary alicyclic amines) is 1. The lowest BCUT2D eigenvalue weighted by Crippen LogP contribution is -2.51. The van der Waals surface area contributed by atoms with Crippen LogP contribution in [0.5, 0.6) is 5.75 Å². The van der Waals surface area contributed by atoms with Gasteiger partial charge in [-0.15, -0.1) is 0 Å². The third-order valence-corrected chi connectivity index (χ3v) is 10.5. The van der Waals surface area contributed by atoms with E-state index in [0.717, 1.165) is 48.3 Å². The second-order valence-electron chi connectivity index (χ2n) is 13.0. The Morgan fingerprint density at radius 1 is 1.00 bits per heavy atom. The van der Waals surface area contributed by atoms with Crippen molar-refractivity contribution >= 4 is 17.8 Å². The van der Waals surface area contributed by atoms with Gasteiger partial charge in [0.15, 0.2) is 0 Å². The highest BCUT2D eigenvalue weighted by Crippen LogP contribution is 2.60. The number of esters is 1. The van der Waals surface area contributed by atoms with Crippen molar-refractivity contribution < 1.29 is 23.9 Å². The number of allylic oxidation sites excluding steroid dienone is 1. The number of fused-ring (bicyclic) bond motifs is 1. The average Bonchev–Trinajstić information content (AvgIpc) is 3.05. The first-order valence-corrected chi connectivity index (χ1v) is 14.9. The Kier molecular flexibility index (Phi) is 6.96. The van der Waals surface area contributed by atoms with E-state index < -0.39 is 17.3 Å². The van der Waals surface area contributed by atoms with E-state index in [-0.39, 0.29) is 23.7 Å². The van der Waals surface area contributed by atoms with Crippen LogP contribution in [0.25, 0.3) is 0 Å². The highest BCUT2D eigenvalue weighted by Gasteiger charge is 2.61. The molecule has 5 fully saturated rings. The van der Waals surface area contributed by atoms with Crippen LogP contribution in [0.3, 0.4) is 0 Å². The van der Waals surface area contributed by atoms with E-state index in [9.17, 15) is 14.4 Å². The van der Waals surface area contributed by atoms with Gasteiger partial charge in [-0.05, 0) is 98.7 Å². The van der Waals surface area contributed by atoms with Crippen LogP contribution in [0.2, 0.25) is 0 Å². The summed E-state index contributed by atoms with van der Waals surface area (Å²) < 4.78 is 10.6. The molecule has 1 heterocycles. The molecule has 6 aliphatic rings. The van der Waals surface area contributed by atoms with E-state index in [1.807, 2.05) is 30.3 Å². The van der Waals surface area contributed by atoms with Crippen LogP contribution in [0, 0.1) is 34.5 Å². The zero-order valence-electron chi connectivity index (χ0n) is 23.4. The number of carbonyl (C=O) groups excluding carboxylic acids is 3. The van der Waals surface area contributed by atoms with Gasteiger partial charge in [-0.2, -0.15) is 0 Å². The summed E-state index contributed by atoms with van der Waals surface area (Å²) >= 11 is 0. The van der Waals surface area contributed by atoms with Gasteiger partial charge in [-0.25, -0.2) is 0 Å². The number of nitrogens with zero attached hydrogens (tertiary/aromatic N) is 1. The normalized spacial score (nSPS) is 34.8. The molecular formula is C32H42N2O5. The molecule has 1 aromatic rings. The van der Waals surface area contributed by atoms with Crippen LogP contribution >= 0.6 is 0 Å². The maximum absolute atomic E-state index is 14.1. The Bertz CT molecular complexity index is 1120. The predicted molar refractivity (Wildman–Crippen MR) is 146 cm³/mol. The molecule has 1 aromatic carbocycles. The first-order valence-electron chi connectivity index (χ1n) is 14.9. The molecule has 39 heavy (non-hydrogen) atoms. The molecular weight excluding hydrogens is 492 g/mol. The molecule has 0 unspecified atom stereocenters. The fourth-order valence-electron chi connectivity index (χ4n) is 9.24. The highest BCUT2D eigenvalue weighted by atomic mass is 16.5. The lowest BCUT2D eigenvalue weighted by molar-refractivity contribution is -0.155. The van der Waals surface area contributed by atoms with Crippen molar-refractivity contribution in [3.63, 3.8) is 0 Å². The minimum Gasteiger partial charge on any atom is -0.497 e. The quantitative estimate of drug-likeness (QED) is 0.475. The molecule has 1 N–H and O–H groups in total. The molecule has 4 bridgehead atoms. The van der Waals surface area contributed by atoms with E-state index >= 15 is 0 Å². The fourth-order valence-corrected chi connectivity index (χ4v) is 9.24. The largest absolute Gasteiger partial charge is 0.497 e. The Morgan fingerprint density at radius 2 is 1.67 bits per heavy atom. The van der Waals surface area contributed by atoms with Crippen molar-refractivity contribution in [2.75, 3.05) is 20.8 Å². The number of hydrogen-bond donors (Lipinski definition) is 1. The first-order chi connectivity index (χ1) is 18.9. The topological polar surface area (TPSA) is 84.9 Å². The standard InChI is InChI=1S/C32H42N2O5/c1-38-25-9-7-21(8-10-25)19-34-27-6-4-3-5-11-32(27,30(37)39-2)26(29(34)36)15-28(35)33-20-31-16-22-12-23(17-31)14-24(13-22)18-31/h6-10,22-24,26H,3-5,11-20H2,1-2H3,(H,33,35)/t22?,23?,24?,26-,31?,32-/m0/s1. The summed E-state index contributed by atoms with van der Waals surface area (Å²) in [6, 6.07) is 7.63. The second kappa shape index (κ2) is 10.3. The van der Waals surface area contributed by atoms with E-state index in [4.69, 9.17) is 9.47 Å². The molecule has 2 atom stereocenters. The first kappa shape index (κ1) is 26.4. The molecule has 7 rings (SSSR count). The monoisotopic (exact) mass is 534 g/mol. The second-order valence-corrected chi connectivity index (χ2v) is 13.0. The minimum absolute atomic E-state index is 0.0107. The van der Waals surface area contributed by atoms with E-state index in [2.05, 4.69) is 5.32 Å². The third kappa shape index (κ3) is 4.66. The van der Waals surface area contributed by atoms with Gasteiger partial charge in [-0.1, -0.05) is 24.6 Å². The summed E-state index contributed by atoms with van der Waals surface area (Å²) in [6.45, 7) is 1.04. The maximum Gasteiger partial charge on any atom is 0.318 e. The van der Waals surface area contributed by atoms with Crippen molar-refractivity contribution in [2.45, 2.75) is 77.2 Å². The summed E-state index contributed by atoms with van der Waals surface area (Å²) in [7, 11) is 3.01. The Balaban J connectivity index is 1.23. The maximum atomic E-state index is 14.1. The number of hydrogen-bond acceptors (Lipinski definition) is 5. The SMILES string of the molecule is COC(=O)[C@]12CCCCC=C1N(Cc1ccc(OC)cc1)C(=O)[C@@H]2CC(=O)NCC12CC3CC(CC(C3)C1)C2. The summed E-state index contributed by atoms with van der Waals surface area (Å²) in [6.07, 6.45) is 12.9. The van der Waals surface area contributed by atoms with Crippen molar-refractivity contribution in [1.82, 2.24) is 10.2 Å². The zero-order chi connectivity index (χ0) is 27.2. The Hall–Kier alpha value is -2.83. The summed E-state index contributed by atoms with van der Waals surface area (Å²) in [5.41, 5.74) is 0.761. The predicted octanol–water partition coefficient (Wildman–Crippen LogP) is 4.99. The van der Waals surface area contributed by atoms with E-state index in [1.165, 1.54) is 45.6 Å². The van der Waals surface area contributed by atoms with Crippen LogP contribution < -0.4 is 10.1 Å². The van der Waals surface area contributed by atoms with Crippen molar-refractivity contribution in [3.05, 3.63) is 41.6 Å². The van der Waals surface area contributed by atoms with Crippen molar-refractivity contribution in [2.24, 2.45) is 34.5 Å². The van der Waals surface area contributed by atoms with E-state index in [0.29, 0.717) is 25.2 Å². The van der Waals surface area contributed by atoms with Gasteiger partial charge in [0, 0.05) is 18.7 Å². The number of rotatable bonds is 8. The van der Waals surface area contributed by atoms with Crippen LogP contribution in [-0.2, 0) is 25.7 Å². The van der Waals surface area contributed by atoms with Gasteiger partial charge >= 0.3 is 5.97 Å². The van der Waals surface area contributed by atoms with Gasteiger partial charge in [0.1, 0.15) is 11.2 Å². The third-order valence-electron chi connectivity index (χ3n) is 10.5. The molecule has 1 aliphatic heterocycles. The lowest BCUT2D eigenvalue weighted by atomic mass is 9.49. The smallest absolute Gasteiger partial charge is 0.318 e. The molecule has 5 aliphatic carbocycles. The molecule has 0 spiro atoms. The van der Waals surface area contributed by atoms with Crippen LogP contribution in [0.1, 0.15) is 76.2 Å². The molecule has 0 radical (unpaired) electrons. The number of ether oxygens (including phenoxy) is 2. The summed E-state index contributed by atoms with van der Waals surface area (Å²) in [4.78, 5) is 42.9. The van der Waals surface area contributed by atoms with Gasteiger partial charge in [-0.3, -0.25) is 14.4 Å². The van der Waals surface area contributed by atoms with Crippen LogP contribution in [0.4, 0.5) is 0 Å². The molecule has 1 saturated heterocycles. The van der Waals surface area contributed by atoms with Gasteiger partial charge in [0.05, 0.1) is 26.7 Å². The van der Waals surface area contributed by atoms with Crippen LogP contribution in [-0.4, -0.2) is 43.4 Å². The van der Waals surface area contributed by atoms with E-state index in [1.54, 1.807) is 12.0 Å². The molecule has 4 saturated carbocycles. The Morgan fingerprint density at radius 3 is 2.28 bits per heavy atom. The summed E-state index contributed by atoms with van der Waals surface area (Å²) in [5, 5.41) is 3.25. The number of carbonyl (C=O) groups is 3. The molecule has 7 nitrogen and oxygen atoms in total. The fraction of sp³-hybridized carbons (Fsp3) is 0.656. The molecule has 210 valence electrons. The van der Waals surface area contributed by atoms with Crippen molar-refractivity contribution in [3.8, 4) is 5.75 Å². The Labute approximate surface area is 231 Å². The minimum atomic E-state index is -1.12. The molecule has 0 aromatic heterocycles. The number of nitrogens with one attached hydrogen (secondary N) is 1. The van der Waals surface area contributed by atoms with Crippen LogP contribution in [0.15, 0.2) is 36.0 Å². The zero-order valence-corrected chi connectivity index (χ0v) is 23.4. The number of benzene rings is 1. The highest BCUT2D eigenvalue weighted by molar-refractivity contribution is 5.98. The average molecular weight is 535 g/mol. The molecule has 2 amide bonds. The van der Waals surface area contributed by atoms with Gasteiger partial charge < -0.3 is 19.7 Å². The summed E-state index contributed by atoms with van der Waals surface area (Å²) in [5.74, 6) is 1.75. The van der Waals surface area contributed by atoms with Gasteiger partial charge in [0.2, 0.25) is 11.8 Å².